The molecule has 3 aromatic rings. The van der Waals surface area contributed by atoms with Gasteiger partial charge in [0.05, 0.1) is 40.4 Å². The molecule has 5 nitrogen and oxygen atoms in total. The van der Waals surface area contributed by atoms with Gasteiger partial charge >= 0.3 is 0 Å². The van der Waals surface area contributed by atoms with Crippen molar-refractivity contribution >= 4 is 34.0 Å². The van der Waals surface area contributed by atoms with Crippen LogP contribution in [0, 0.1) is 5.41 Å². The number of hydrogen-bond acceptors (Lipinski definition) is 5. The second-order valence-corrected chi connectivity index (χ2v) is 9.33. The van der Waals surface area contributed by atoms with Crippen LogP contribution in [0.25, 0.3) is 28.0 Å². The molecule has 0 aliphatic rings. The molecule has 2 N–H and O–H groups in total. The normalized spacial score (nSPS) is 12.1. The minimum atomic E-state index is -0.246. The van der Waals surface area contributed by atoms with Crippen molar-refractivity contribution < 1.29 is 5.11 Å². The minimum absolute atomic E-state index is 0.246. The van der Waals surface area contributed by atoms with Crippen LogP contribution in [0.5, 0.6) is 0 Å². The van der Waals surface area contributed by atoms with Crippen molar-refractivity contribution in [2.45, 2.75) is 45.6 Å². The second kappa shape index (κ2) is 11.8. The van der Waals surface area contributed by atoms with E-state index in [0.29, 0.717) is 10.7 Å². The van der Waals surface area contributed by atoms with Gasteiger partial charge < -0.3 is 15.4 Å². The molecule has 1 atom stereocenters. The number of aliphatic hydroxyl groups is 1. The van der Waals surface area contributed by atoms with E-state index >= 15 is 0 Å². The average Bonchev–Trinajstić information content (AvgIpc) is 2.85. The Kier molecular flexibility index (Phi) is 8.83. The minimum Gasteiger partial charge on any atom is -0.516 e. The fourth-order valence-electron chi connectivity index (χ4n) is 3.87. The van der Waals surface area contributed by atoms with Crippen molar-refractivity contribution in [2.75, 3.05) is 7.05 Å². The van der Waals surface area contributed by atoms with E-state index < -0.39 is 0 Å². The molecule has 0 radical (unpaired) electrons. The predicted molar refractivity (Wildman–Crippen MR) is 148 cm³/mol. The van der Waals surface area contributed by atoms with Crippen LogP contribution in [-0.2, 0) is 6.42 Å². The molecule has 1 aromatic heterocycles. The summed E-state index contributed by atoms with van der Waals surface area (Å²) in [6, 6.07) is 13.4. The Balaban J connectivity index is 1.97. The Bertz CT molecular complexity index is 1260. The molecule has 1 heterocycles. The number of hydrogen-bond donors (Lipinski definition) is 2. The van der Waals surface area contributed by atoms with Crippen LogP contribution in [-0.4, -0.2) is 38.8 Å². The smallest absolute Gasteiger partial charge is 0.0925 e. The van der Waals surface area contributed by atoms with Crippen molar-refractivity contribution in [1.29, 1.82) is 5.41 Å². The monoisotopic (exact) mass is 488 g/mol. The first-order valence-electron chi connectivity index (χ1n) is 11.7. The number of allylic oxidation sites excluding steroid dienone is 1. The van der Waals surface area contributed by atoms with Crippen LogP contribution in [0.3, 0.4) is 0 Å². The third kappa shape index (κ3) is 6.58. The summed E-state index contributed by atoms with van der Waals surface area (Å²) in [5.41, 5.74) is 7.61. The third-order valence-corrected chi connectivity index (χ3v) is 6.42. The molecule has 0 bridgehead atoms. The summed E-state index contributed by atoms with van der Waals surface area (Å²) >= 11 is 6.11. The second-order valence-electron chi connectivity index (χ2n) is 8.90. The molecule has 6 heteroatoms. The summed E-state index contributed by atoms with van der Waals surface area (Å²) in [4.78, 5) is 11.9. The van der Waals surface area contributed by atoms with Crippen LogP contribution in [0.2, 0.25) is 5.02 Å². The van der Waals surface area contributed by atoms with E-state index in [0.717, 1.165) is 71.2 Å². The molecule has 0 aliphatic heterocycles. The molecule has 0 saturated heterocycles. The highest BCUT2D eigenvalue weighted by Gasteiger charge is 2.17. The molecular weight excluding hydrogens is 456 g/mol. The summed E-state index contributed by atoms with van der Waals surface area (Å²) < 4.78 is 0. The maximum atomic E-state index is 9.00. The molecule has 35 heavy (non-hydrogen) atoms. The quantitative estimate of drug-likeness (QED) is 0.126. The molecule has 0 amide bonds. The molecule has 2 aromatic carbocycles. The topological polar surface area (TPSA) is 73.1 Å². The van der Waals surface area contributed by atoms with Gasteiger partial charge in [0, 0.05) is 23.3 Å². The molecular formula is C29H33ClN4O. The SMILES string of the molecule is C=C(C)CCCCc1nc2cc(C(=C)N(C)C(C)C(=N)/C=C\O)ccc2nc1-c1ccc(Cl)cc1. The van der Waals surface area contributed by atoms with Crippen molar-refractivity contribution in [3.05, 3.63) is 89.8 Å². The number of rotatable bonds is 11. The van der Waals surface area contributed by atoms with E-state index in [4.69, 9.17) is 32.1 Å². The van der Waals surface area contributed by atoms with Gasteiger partial charge in [0.15, 0.2) is 0 Å². The number of aromatic nitrogens is 2. The van der Waals surface area contributed by atoms with Crippen molar-refractivity contribution in [3.63, 3.8) is 0 Å². The van der Waals surface area contributed by atoms with Crippen LogP contribution in [0.15, 0.2) is 73.5 Å². The van der Waals surface area contributed by atoms with E-state index in [2.05, 4.69) is 20.1 Å². The van der Waals surface area contributed by atoms with Gasteiger partial charge in [-0.3, -0.25) is 0 Å². The van der Waals surface area contributed by atoms with Gasteiger partial charge in [0.1, 0.15) is 0 Å². The Morgan fingerprint density at radius 2 is 1.83 bits per heavy atom. The molecule has 0 saturated carbocycles. The number of fused-ring (bicyclic) bond motifs is 1. The van der Waals surface area contributed by atoms with Crippen molar-refractivity contribution in [2.24, 2.45) is 0 Å². The Morgan fingerprint density at radius 3 is 2.49 bits per heavy atom. The van der Waals surface area contributed by atoms with E-state index in [9.17, 15) is 0 Å². The number of halogens is 1. The first kappa shape index (κ1) is 26.2. The number of nitrogens with one attached hydrogen (secondary N) is 1. The molecule has 0 spiro atoms. The Labute approximate surface area is 213 Å². The largest absolute Gasteiger partial charge is 0.516 e. The lowest BCUT2D eigenvalue weighted by Gasteiger charge is -2.28. The van der Waals surface area contributed by atoms with E-state index in [1.54, 1.807) is 0 Å². The maximum absolute atomic E-state index is 9.00. The van der Waals surface area contributed by atoms with Gasteiger partial charge in [-0.15, -0.1) is 6.58 Å². The maximum Gasteiger partial charge on any atom is 0.0925 e. The highest BCUT2D eigenvalue weighted by molar-refractivity contribution is 6.30. The zero-order valence-corrected chi connectivity index (χ0v) is 21.4. The Hall–Kier alpha value is -3.44. The predicted octanol–water partition coefficient (Wildman–Crippen LogP) is 7.62. The molecule has 0 fully saturated rings. The third-order valence-electron chi connectivity index (χ3n) is 6.17. The summed E-state index contributed by atoms with van der Waals surface area (Å²) in [5.74, 6) is 0. The number of aryl methyl sites for hydroxylation is 1. The van der Waals surface area contributed by atoms with E-state index in [1.807, 2.05) is 61.3 Å². The molecule has 182 valence electrons. The molecule has 1 unspecified atom stereocenters. The van der Waals surface area contributed by atoms with Gasteiger partial charge in [-0.1, -0.05) is 42.0 Å². The number of nitrogens with zero attached hydrogens (tertiary/aromatic N) is 3. The molecule has 0 aliphatic carbocycles. The zero-order valence-electron chi connectivity index (χ0n) is 20.7. The van der Waals surface area contributed by atoms with Crippen LogP contribution in [0.4, 0.5) is 0 Å². The number of unbranched alkanes of at least 4 members (excludes halogenated alkanes) is 1. The summed E-state index contributed by atoms with van der Waals surface area (Å²) in [6.45, 7) is 12.2. The summed E-state index contributed by atoms with van der Waals surface area (Å²) in [5, 5.41) is 17.8. The van der Waals surface area contributed by atoms with E-state index in [-0.39, 0.29) is 6.04 Å². The zero-order chi connectivity index (χ0) is 25.5. The standard InChI is InChI=1S/C29H33ClN4O/c1-19(2)8-6-7-9-27-29(22-10-13-24(30)14-11-22)33-26-15-12-23(18-28(26)32-27)20(3)34(5)21(4)25(31)16-17-35/h10-18,21,31,35H,1,3,6-9H2,2,4-5H3/b17-16-,31-25?. The molecule has 3 rings (SSSR count). The number of aliphatic hydroxyl groups excluding tert-OH is 1. The Morgan fingerprint density at radius 1 is 1.11 bits per heavy atom. The fraction of sp³-hybridized carbons (Fsp3) is 0.276. The van der Waals surface area contributed by atoms with Gasteiger partial charge in [-0.2, -0.15) is 0 Å². The first-order chi connectivity index (χ1) is 16.7. The fourth-order valence-corrected chi connectivity index (χ4v) is 3.99. The summed E-state index contributed by atoms with van der Waals surface area (Å²) in [6.07, 6.45) is 6.15. The van der Waals surface area contributed by atoms with Crippen LogP contribution < -0.4 is 0 Å². The van der Waals surface area contributed by atoms with Crippen LogP contribution >= 0.6 is 11.6 Å². The highest BCUT2D eigenvalue weighted by atomic mass is 35.5. The van der Waals surface area contributed by atoms with Crippen molar-refractivity contribution in [3.8, 4) is 11.3 Å². The van der Waals surface area contributed by atoms with Crippen LogP contribution in [0.1, 0.15) is 44.4 Å². The van der Waals surface area contributed by atoms with Gasteiger partial charge in [-0.05, 0) is 75.4 Å². The lowest BCUT2D eigenvalue weighted by molar-refractivity contribution is 0.447. The van der Waals surface area contributed by atoms with Gasteiger partial charge in [0.25, 0.3) is 0 Å². The number of benzene rings is 2. The lowest BCUT2D eigenvalue weighted by Crippen LogP contribution is -2.33. The average molecular weight is 489 g/mol. The highest BCUT2D eigenvalue weighted by Crippen LogP contribution is 2.28. The van der Waals surface area contributed by atoms with Gasteiger partial charge in [0.2, 0.25) is 0 Å². The lowest BCUT2D eigenvalue weighted by atomic mass is 10.0. The van der Waals surface area contributed by atoms with Crippen molar-refractivity contribution in [1.82, 2.24) is 14.9 Å². The first-order valence-corrected chi connectivity index (χ1v) is 12.1. The van der Waals surface area contributed by atoms with Gasteiger partial charge in [-0.25, -0.2) is 9.97 Å². The summed E-state index contributed by atoms with van der Waals surface area (Å²) in [7, 11) is 1.89. The van der Waals surface area contributed by atoms with E-state index in [1.165, 1.54) is 11.6 Å².